The molecule has 1 aromatic carbocycles. The van der Waals surface area contributed by atoms with E-state index in [1.807, 2.05) is 0 Å². The minimum atomic E-state index is -0.175. The van der Waals surface area contributed by atoms with Crippen molar-refractivity contribution in [2.45, 2.75) is 25.8 Å². The summed E-state index contributed by atoms with van der Waals surface area (Å²) in [4.78, 5) is 28.8. The summed E-state index contributed by atoms with van der Waals surface area (Å²) in [6, 6.07) is 5.25. The smallest absolute Gasteiger partial charge is 0.229 e. The van der Waals surface area contributed by atoms with Gasteiger partial charge in [-0.3, -0.25) is 14.5 Å². The van der Waals surface area contributed by atoms with Crippen LogP contribution >= 0.6 is 0 Å². The van der Waals surface area contributed by atoms with Crippen LogP contribution in [0.1, 0.15) is 25.2 Å². The average Bonchev–Trinajstić information content (AvgIpc) is 2.78. The van der Waals surface area contributed by atoms with Gasteiger partial charge in [0.25, 0.3) is 0 Å². The zero-order chi connectivity index (χ0) is 13.4. The molecule has 1 aromatic heterocycles. The fourth-order valence-electron chi connectivity index (χ4n) is 2.19. The maximum absolute atomic E-state index is 11.7. The molecule has 0 saturated carbocycles. The fraction of sp³-hybridized carbons (Fsp3) is 0.308. The molecule has 2 N–H and O–H groups in total. The Morgan fingerprint density at radius 1 is 1.26 bits per heavy atom. The molecule has 6 heteroatoms. The minimum absolute atomic E-state index is 0.0752. The first kappa shape index (κ1) is 11.7. The van der Waals surface area contributed by atoms with E-state index in [1.165, 1.54) is 4.90 Å². The van der Waals surface area contributed by atoms with Crippen LogP contribution < -0.4 is 5.73 Å². The lowest BCUT2D eigenvalue weighted by Gasteiger charge is -2.23. The standard InChI is InChI=1S/C13H13N3O3/c14-8-3-1-4-9-13(8)15-10(19-9)7-16-11(17)5-2-6-12(16)18/h1,3-4H,2,5-7,14H2. The first-order valence-corrected chi connectivity index (χ1v) is 6.12. The number of amides is 2. The van der Waals surface area contributed by atoms with Crippen LogP contribution in [0.5, 0.6) is 0 Å². The van der Waals surface area contributed by atoms with Gasteiger partial charge in [-0.15, -0.1) is 0 Å². The molecule has 0 bridgehead atoms. The van der Waals surface area contributed by atoms with Crippen molar-refractivity contribution in [2.24, 2.45) is 0 Å². The number of nitrogen functional groups attached to an aromatic ring is 1. The number of nitrogens with zero attached hydrogens (tertiary/aromatic N) is 2. The molecule has 0 spiro atoms. The first-order valence-electron chi connectivity index (χ1n) is 6.12. The molecular formula is C13H13N3O3. The van der Waals surface area contributed by atoms with Gasteiger partial charge in [0, 0.05) is 12.8 Å². The number of imide groups is 1. The van der Waals surface area contributed by atoms with Crippen LogP contribution in [0.3, 0.4) is 0 Å². The molecule has 1 aliphatic heterocycles. The van der Waals surface area contributed by atoms with E-state index in [2.05, 4.69) is 4.98 Å². The van der Waals surface area contributed by atoms with Gasteiger partial charge >= 0.3 is 0 Å². The van der Waals surface area contributed by atoms with Crippen LogP contribution in [-0.2, 0) is 16.1 Å². The highest BCUT2D eigenvalue weighted by molar-refractivity contribution is 5.97. The number of piperidine rings is 1. The number of hydrogen-bond acceptors (Lipinski definition) is 5. The van der Waals surface area contributed by atoms with E-state index in [0.717, 1.165) is 0 Å². The predicted octanol–water partition coefficient (Wildman–Crippen LogP) is 1.45. The molecule has 0 aliphatic carbocycles. The zero-order valence-corrected chi connectivity index (χ0v) is 10.3. The Morgan fingerprint density at radius 3 is 2.68 bits per heavy atom. The fourth-order valence-corrected chi connectivity index (χ4v) is 2.19. The Morgan fingerprint density at radius 2 is 2.00 bits per heavy atom. The van der Waals surface area contributed by atoms with Crippen molar-refractivity contribution in [2.75, 3.05) is 5.73 Å². The van der Waals surface area contributed by atoms with Crippen molar-refractivity contribution in [3.63, 3.8) is 0 Å². The van der Waals surface area contributed by atoms with Crippen LogP contribution in [0.25, 0.3) is 11.1 Å². The summed E-state index contributed by atoms with van der Waals surface area (Å²) >= 11 is 0. The van der Waals surface area contributed by atoms with Crippen molar-refractivity contribution in [3.05, 3.63) is 24.1 Å². The number of benzene rings is 1. The van der Waals surface area contributed by atoms with Crippen LogP contribution in [0, 0.1) is 0 Å². The third kappa shape index (κ3) is 2.05. The second-order valence-electron chi connectivity index (χ2n) is 4.53. The maximum Gasteiger partial charge on any atom is 0.229 e. The van der Waals surface area contributed by atoms with Gasteiger partial charge in [0.2, 0.25) is 17.7 Å². The molecule has 0 unspecified atom stereocenters. The third-order valence-electron chi connectivity index (χ3n) is 3.17. The third-order valence-corrected chi connectivity index (χ3v) is 3.17. The van der Waals surface area contributed by atoms with E-state index >= 15 is 0 Å². The van der Waals surface area contributed by atoms with E-state index in [0.29, 0.717) is 41.9 Å². The Balaban J connectivity index is 1.90. The topological polar surface area (TPSA) is 89.4 Å². The Kier molecular flexibility index (Phi) is 2.70. The second-order valence-corrected chi connectivity index (χ2v) is 4.53. The highest BCUT2D eigenvalue weighted by Crippen LogP contribution is 2.23. The number of oxazole rings is 1. The largest absolute Gasteiger partial charge is 0.439 e. The predicted molar refractivity (Wildman–Crippen MR) is 67.8 cm³/mol. The molecule has 3 rings (SSSR count). The molecule has 98 valence electrons. The molecule has 19 heavy (non-hydrogen) atoms. The lowest BCUT2D eigenvalue weighted by atomic mass is 10.1. The zero-order valence-electron chi connectivity index (χ0n) is 10.3. The number of carbonyl (C=O) groups is 2. The molecule has 1 saturated heterocycles. The number of likely N-dealkylation sites (tertiary alicyclic amines) is 1. The number of aromatic nitrogens is 1. The molecular weight excluding hydrogens is 246 g/mol. The van der Waals surface area contributed by atoms with Gasteiger partial charge in [0.1, 0.15) is 12.1 Å². The molecule has 2 amide bonds. The summed E-state index contributed by atoms with van der Waals surface area (Å²) in [5.41, 5.74) is 7.43. The number of fused-ring (bicyclic) bond motifs is 1. The van der Waals surface area contributed by atoms with Crippen molar-refractivity contribution in [3.8, 4) is 0 Å². The Bertz CT molecular complexity index is 646. The number of carbonyl (C=O) groups excluding carboxylic acids is 2. The highest BCUT2D eigenvalue weighted by atomic mass is 16.3. The molecule has 1 aliphatic rings. The lowest BCUT2D eigenvalue weighted by molar-refractivity contribution is -0.149. The summed E-state index contributed by atoms with van der Waals surface area (Å²) in [5, 5.41) is 0. The number of rotatable bonds is 2. The van der Waals surface area contributed by atoms with Crippen molar-refractivity contribution in [1.82, 2.24) is 9.88 Å². The number of anilines is 1. The lowest BCUT2D eigenvalue weighted by Crippen LogP contribution is -2.39. The Hall–Kier alpha value is -2.37. The van der Waals surface area contributed by atoms with Crippen molar-refractivity contribution in [1.29, 1.82) is 0 Å². The number of hydrogen-bond donors (Lipinski definition) is 1. The van der Waals surface area contributed by atoms with Crippen LogP contribution in [0.4, 0.5) is 5.69 Å². The van der Waals surface area contributed by atoms with Gasteiger partial charge in [-0.2, -0.15) is 0 Å². The van der Waals surface area contributed by atoms with Crippen molar-refractivity contribution < 1.29 is 14.0 Å². The van der Waals surface area contributed by atoms with Gasteiger partial charge in [-0.25, -0.2) is 4.98 Å². The molecule has 0 radical (unpaired) electrons. The van der Waals surface area contributed by atoms with Gasteiger partial charge in [0.15, 0.2) is 5.58 Å². The van der Waals surface area contributed by atoms with Crippen LogP contribution in [-0.4, -0.2) is 21.7 Å². The summed E-state index contributed by atoms with van der Waals surface area (Å²) < 4.78 is 5.51. The van der Waals surface area contributed by atoms with Gasteiger partial charge < -0.3 is 10.2 Å². The quantitative estimate of drug-likeness (QED) is 0.651. The summed E-state index contributed by atoms with van der Waals surface area (Å²) in [7, 11) is 0. The SMILES string of the molecule is Nc1cccc2oc(CN3C(=O)CCCC3=O)nc12. The number of nitrogens with two attached hydrogens (primary N) is 1. The molecule has 1 fully saturated rings. The normalized spacial score (nSPS) is 16.3. The monoisotopic (exact) mass is 259 g/mol. The van der Waals surface area contributed by atoms with E-state index in [9.17, 15) is 9.59 Å². The van der Waals surface area contributed by atoms with Gasteiger partial charge in [-0.05, 0) is 18.6 Å². The average molecular weight is 259 g/mol. The Labute approximate surface area is 109 Å². The molecule has 2 heterocycles. The summed E-state index contributed by atoms with van der Waals surface area (Å²) in [5.74, 6) is -0.0190. The van der Waals surface area contributed by atoms with E-state index < -0.39 is 0 Å². The maximum atomic E-state index is 11.7. The molecule has 0 atom stereocenters. The van der Waals surface area contributed by atoms with E-state index in [4.69, 9.17) is 10.2 Å². The molecule has 6 nitrogen and oxygen atoms in total. The second kappa shape index (κ2) is 4.38. The minimum Gasteiger partial charge on any atom is -0.439 e. The van der Waals surface area contributed by atoms with Crippen LogP contribution in [0.15, 0.2) is 22.6 Å². The van der Waals surface area contributed by atoms with Crippen LogP contribution in [0.2, 0.25) is 0 Å². The van der Waals surface area contributed by atoms with Crippen molar-refractivity contribution >= 4 is 28.6 Å². The summed E-state index contributed by atoms with van der Waals surface area (Å²) in [6.45, 7) is 0.0752. The first-order chi connectivity index (χ1) is 9.15. The van der Waals surface area contributed by atoms with E-state index in [1.54, 1.807) is 18.2 Å². The van der Waals surface area contributed by atoms with E-state index in [-0.39, 0.29) is 18.4 Å². The molecule has 2 aromatic rings. The van der Waals surface area contributed by atoms with Gasteiger partial charge in [-0.1, -0.05) is 6.07 Å². The van der Waals surface area contributed by atoms with Gasteiger partial charge in [0.05, 0.1) is 5.69 Å². The number of para-hydroxylation sites is 1. The summed E-state index contributed by atoms with van der Waals surface area (Å²) in [6.07, 6.45) is 1.41. The highest BCUT2D eigenvalue weighted by Gasteiger charge is 2.27.